The summed E-state index contributed by atoms with van der Waals surface area (Å²) >= 11 is 0. The van der Waals surface area contributed by atoms with Gasteiger partial charge in [0, 0.05) is 11.8 Å². The Morgan fingerprint density at radius 2 is 1.71 bits per heavy atom. The zero-order chi connectivity index (χ0) is 14.8. The fourth-order valence-corrected chi connectivity index (χ4v) is 2.72. The van der Waals surface area contributed by atoms with Crippen LogP contribution in [0, 0.1) is 0 Å². The van der Waals surface area contributed by atoms with Crippen molar-refractivity contribution >= 4 is 5.69 Å². The van der Waals surface area contributed by atoms with Gasteiger partial charge < -0.3 is 19.5 Å². The van der Waals surface area contributed by atoms with Crippen LogP contribution >= 0.6 is 0 Å². The summed E-state index contributed by atoms with van der Waals surface area (Å²) in [6.07, 6.45) is 0.953. The van der Waals surface area contributed by atoms with Gasteiger partial charge in [-0.05, 0) is 35.7 Å². The molecule has 2 aromatic rings. The number of ether oxygens (including phenoxy) is 3. The van der Waals surface area contributed by atoms with Crippen LogP contribution in [0.25, 0.3) is 0 Å². The van der Waals surface area contributed by atoms with Crippen molar-refractivity contribution in [3.63, 3.8) is 0 Å². The third-order valence-corrected chi connectivity index (χ3v) is 3.88. The first-order chi connectivity index (χ1) is 10.2. The summed E-state index contributed by atoms with van der Waals surface area (Å²) in [4.78, 5) is 0. The average Bonchev–Trinajstić information content (AvgIpc) is 2.96. The van der Waals surface area contributed by atoms with E-state index in [-0.39, 0.29) is 6.04 Å². The van der Waals surface area contributed by atoms with Gasteiger partial charge in [-0.2, -0.15) is 0 Å². The van der Waals surface area contributed by atoms with Gasteiger partial charge in [0.1, 0.15) is 5.75 Å². The maximum absolute atomic E-state index is 5.38. The quantitative estimate of drug-likeness (QED) is 0.934. The van der Waals surface area contributed by atoms with Crippen molar-refractivity contribution < 1.29 is 14.2 Å². The van der Waals surface area contributed by atoms with Crippen LogP contribution in [0.5, 0.6) is 17.2 Å². The molecule has 1 unspecified atom stereocenters. The topological polar surface area (TPSA) is 39.7 Å². The minimum absolute atomic E-state index is 0.243. The van der Waals surface area contributed by atoms with E-state index in [1.54, 1.807) is 21.3 Å². The number of hydrogen-bond acceptors (Lipinski definition) is 4. The SMILES string of the molecule is COc1ccc2c(c1)NC(c1ccc(OC)c(OC)c1)C2. The lowest BCUT2D eigenvalue weighted by Gasteiger charge is -2.15. The summed E-state index contributed by atoms with van der Waals surface area (Å²) in [7, 11) is 4.99. The van der Waals surface area contributed by atoms with E-state index in [1.165, 1.54) is 11.1 Å². The second-order valence-electron chi connectivity index (χ2n) is 5.04. The molecule has 1 aliphatic heterocycles. The van der Waals surface area contributed by atoms with E-state index in [9.17, 15) is 0 Å². The molecule has 0 spiro atoms. The first kappa shape index (κ1) is 13.6. The van der Waals surface area contributed by atoms with Crippen molar-refractivity contribution in [2.75, 3.05) is 26.6 Å². The van der Waals surface area contributed by atoms with E-state index in [0.717, 1.165) is 29.4 Å². The number of fused-ring (bicyclic) bond motifs is 1. The summed E-state index contributed by atoms with van der Waals surface area (Å²) < 4.78 is 15.9. The van der Waals surface area contributed by atoms with Gasteiger partial charge in [-0.1, -0.05) is 12.1 Å². The van der Waals surface area contributed by atoms with Crippen molar-refractivity contribution in [2.45, 2.75) is 12.5 Å². The highest BCUT2D eigenvalue weighted by atomic mass is 16.5. The van der Waals surface area contributed by atoms with Gasteiger partial charge in [-0.25, -0.2) is 0 Å². The van der Waals surface area contributed by atoms with E-state index >= 15 is 0 Å². The van der Waals surface area contributed by atoms with Crippen molar-refractivity contribution in [3.8, 4) is 17.2 Å². The molecule has 0 fully saturated rings. The lowest BCUT2D eigenvalue weighted by atomic mass is 10.0. The number of methoxy groups -OCH3 is 3. The Hall–Kier alpha value is -2.36. The summed E-state index contributed by atoms with van der Waals surface area (Å²) in [5, 5.41) is 3.54. The minimum Gasteiger partial charge on any atom is -0.497 e. The molecular weight excluding hydrogens is 266 g/mol. The van der Waals surface area contributed by atoms with Gasteiger partial charge in [-0.15, -0.1) is 0 Å². The third kappa shape index (κ3) is 2.49. The predicted molar refractivity (Wildman–Crippen MR) is 82.6 cm³/mol. The predicted octanol–water partition coefficient (Wildman–Crippen LogP) is 3.42. The van der Waals surface area contributed by atoms with Crippen LogP contribution in [0.1, 0.15) is 17.2 Å². The van der Waals surface area contributed by atoms with Gasteiger partial charge in [0.15, 0.2) is 11.5 Å². The molecule has 1 atom stereocenters. The smallest absolute Gasteiger partial charge is 0.161 e. The van der Waals surface area contributed by atoms with Crippen LogP contribution in [-0.2, 0) is 6.42 Å². The molecule has 3 rings (SSSR count). The molecule has 0 aliphatic carbocycles. The Morgan fingerprint density at radius 3 is 2.43 bits per heavy atom. The van der Waals surface area contributed by atoms with E-state index < -0.39 is 0 Å². The third-order valence-electron chi connectivity index (χ3n) is 3.88. The highest BCUT2D eigenvalue weighted by molar-refractivity contribution is 5.61. The molecule has 0 amide bonds. The Kier molecular flexibility index (Phi) is 3.60. The normalized spacial score (nSPS) is 16.0. The average molecular weight is 285 g/mol. The Morgan fingerprint density at radius 1 is 0.905 bits per heavy atom. The zero-order valence-electron chi connectivity index (χ0n) is 12.5. The maximum atomic E-state index is 5.38. The number of anilines is 1. The Bertz CT molecular complexity index is 654. The lowest BCUT2D eigenvalue weighted by Crippen LogP contribution is -2.06. The molecule has 4 nitrogen and oxygen atoms in total. The summed E-state index contributed by atoms with van der Waals surface area (Å²) in [5.74, 6) is 2.37. The van der Waals surface area contributed by atoms with Gasteiger partial charge in [0.2, 0.25) is 0 Å². The van der Waals surface area contributed by atoms with E-state index in [2.05, 4.69) is 17.4 Å². The van der Waals surface area contributed by atoms with Gasteiger partial charge >= 0.3 is 0 Å². The van der Waals surface area contributed by atoms with Crippen LogP contribution in [0.15, 0.2) is 36.4 Å². The fraction of sp³-hybridized carbons (Fsp3) is 0.294. The number of rotatable bonds is 4. The van der Waals surface area contributed by atoms with Crippen molar-refractivity contribution in [1.82, 2.24) is 0 Å². The lowest BCUT2D eigenvalue weighted by molar-refractivity contribution is 0.354. The molecule has 0 radical (unpaired) electrons. The van der Waals surface area contributed by atoms with Gasteiger partial charge in [-0.3, -0.25) is 0 Å². The zero-order valence-corrected chi connectivity index (χ0v) is 12.5. The molecule has 1 N–H and O–H groups in total. The molecule has 0 aromatic heterocycles. The molecule has 21 heavy (non-hydrogen) atoms. The van der Waals surface area contributed by atoms with Crippen LogP contribution in [-0.4, -0.2) is 21.3 Å². The molecule has 0 saturated carbocycles. The number of benzene rings is 2. The van der Waals surface area contributed by atoms with Crippen molar-refractivity contribution in [2.24, 2.45) is 0 Å². The number of hydrogen-bond donors (Lipinski definition) is 1. The first-order valence-electron chi connectivity index (χ1n) is 6.90. The van der Waals surface area contributed by atoms with E-state index in [4.69, 9.17) is 14.2 Å². The molecule has 2 aromatic carbocycles. The molecule has 110 valence electrons. The van der Waals surface area contributed by atoms with E-state index in [0.29, 0.717) is 0 Å². The maximum Gasteiger partial charge on any atom is 0.161 e. The van der Waals surface area contributed by atoms with Gasteiger partial charge in [0.05, 0.1) is 27.4 Å². The first-order valence-corrected chi connectivity index (χ1v) is 6.90. The standard InChI is InChI=1S/C17H19NO3/c1-19-13-6-4-11-8-14(18-15(11)10-13)12-5-7-16(20-2)17(9-12)21-3/h4-7,9-10,14,18H,8H2,1-3H3. The highest BCUT2D eigenvalue weighted by Gasteiger charge is 2.23. The van der Waals surface area contributed by atoms with Crippen LogP contribution in [0.4, 0.5) is 5.69 Å². The monoisotopic (exact) mass is 285 g/mol. The number of nitrogens with one attached hydrogen (secondary N) is 1. The molecular formula is C17H19NO3. The molecule has 0 saturated heterocycles. The molecule has 0 bridgehead atoms. The summed E-state index contributed by atoms with van der Waals surface area (Å²) in [6.45, 7) is 0. The highest BCUT2D eigenvalue weighted by Crippen LogP contribution is 2.38. The second-order valence-corrected chi connectivity index (χ2v) is 5.04. The Balaban J connectivity index is 1.87. The summed E-state index contributed by atoms with van der Waals surface area (Å²) in [6, 6.07) is 12.4. The Labute approximate surface area is 124 Å². The van der Waals surface area contributed by atoms with Gasteiger partial charge in [0.25, 0.3) is 0 Å². The van der Waals surface area contributed by atoms with Crippen molar-refractivity contribution in [1.29, 1.82) is 0 Å². The van der Waals surface area contributed by atoms with Crippen LogP contribution < -0.4 is 19.5 Å². The fourth-order valence-electron chi connectivity index (χ4n) is 2.72. The molecule has 4 heteroatoms. The molecule has 1 heterocycles. The van der Waals surface area contributed by atoms with Crippen LogP contribution in [0.2, 0.25) is 0 Å². The second kappa shape index (κ2) is 5.56. The summed E-state index contributed by atoms with van der Waals surface area (Å²) in [5.41, 5.74) is 3.62. The van der Waals surface area contributed by atoms with Crippen molar-refractivity contribution in [3.05, 3.63) is 47.5 Å². The van der Waals surface area contributed by atoms with Crippen LogP contribution in [0.3, 0.4) is 0 Å². The molecule has 1 aliphatic rings. The largest absolute Gasteiger partial charge is 0.497 e. The van der Waals surface area contributed by atoms with E-state index in [1.807, 2.05) is 24.3 Å². The minimum atomic E-state index is 0.243.